The Kier molecular flexibility index (Phi) is 5.26. The molecule has 1 nitrogen and oxygen atoms in total. The fourth-order valence-corrected chi connectivity index (χ4v) is 2.71. The SMILES string of the molecule is OCC(Cc1cccc(F)c1)Cc1ccc(F)cc1Br. The molecule has 0 aliphatic rings. The van der Waals surface area contributed by atoms with E-state index in [1.807, 2.05) is 6.07 Å². The van der Waals surface area contributed by atoms with E-state index in [-0.39, 0.29) is 24.2 Å². The summed E-state index contributed by atoms with van der Waals surface area (Å²) in [4.78, 5) is 0. The molecule has 106 valence electrons. The molecule has 0 radical (unpaired) electrons. The lowest BCUT2D eigenvalue weighted by Crippen LogP contribution is -2.13. The van der Waals surface area contributed by atoms with Gasteiger partial charge in [0.25, 0.3) is 0 Å². The summed E-state index contributed by atoms with van der Waals surface area (Å²) in [7, 11) is 0. The lowest BCUT2D eigenvalue weighted by atomic mass is 9.93. The van der Waals surface area contributed by atoms with Gasteiger partial charge in [-0.15, -0.1) is 0 Å². The van der Waals surface area contributed by atoms with Crippen molar-refractivity contribution in [2.75, 3.05) is 6.61 Å². The first kappa shape index (κ1) is 15.1. The van der Waals surface area contributed by atoms with Crippen LogP contribution < -0.4 is 0 Å². The van der Waals surface area contributed by atoms with E-state index in [0.717, 1.165) is 11.1 Å². The number of halogens is 3. The Morgan fingerprint density at radius 1 is 1.00 bits per heavy atom. The molecule has 0 aliphatic carbocycles. The third kappa shape index (κ3) is 4.12. The van der Waals surface area contributed by atoms with Gasteiger partial charge < -0.3 is 5.11 Å². The molecule has 1 N–H and O–H groups in total. The second-order valence-electron chi connectivity index (χ2n) is 4.82. The van der Waals surface area contributed by atoms with Gasteiger partial charge in [0.2, 0.25) is 0 Å². The van der Waals surface area contributed by atoms with Crippen LogP contribution in [0.1, 0.15) is 11.1 Å². The minimum atomic E-state index is -0.300. The molecule has 0 amide bonds. The summed E-state index contributed by atoms with van der Waals surface area (Å²) < 4.78 is 26.9. The van der Waals surface area contributed by atoms with Crippen molar-refractivity contribution in [2.45, 2.75) is 12.8 Å². The van der Waals surface area contributed by atoms with E-state index in [1.54, 1.807) is 12.1 Å². The summed E-state index contributed by atoms with van der Waals surface area (Å²) >= 11 is 3.32. The van der Waals surface area contributed by atoms with E-state index in [4.69, 9.17) is 0 Å². The number of benzene rings is 2. The van der Waals surface area contributed by atoms with Crippen LogP contribution in [0.2, 0.25) is 0 Å². The quantitative estimate of drug-likeness (QED) is 0.867. The van der Waals surface area contributed by atoms with E-state index < -0.39 is 0 Å². The standard InChI is InChI=1S/C16H15BrF2O/c17-16-9-15(19)5-4-13(16)7-12(10-20)6-11-2-1-3-14(18)8-11/h1-5,8-9,12,20H,6-7,10H2. The molecule has 1 atom stereocenters. The smallest absolute Gasteiger partial charge is 0.124 e. The van der Waals surface area contributed by atoms with E-state index >= 15 is 0 Å². The lowest BCUT2D eigenvalue weighted by molar-refractivity contribution is 0.224. The Morgan fingerprint density at radius 3 is 2.40 bits per heavy atom. The topological polar surface area (TPSA) is 20.2 Å². The highest BCUT2D eigenvalue weighted by Gasteiger charge is 2.12. The third-order valence-electron chi connectivity index (χ3n) is 3.20. The molecular formula is C16H15BrF2O. The summed E-state index contributed by atoms with van der Waals surface area (Å²) in [6, 6.07) is 10.9. The van der Waals surface area contributed by atoms with Crippen LogP contribution >= 0.6 is 15.9 Å². The molecule has 0 aromatic heterocycles. The van der Waals surface area contributed by atoms with Gasteiger partial charge in [-0.25, -0.2) is 8.78 Å². The van der Waals surface area contributed by atoms with Gasteiger partial charge in [0.1, 0.15) is 11.6 Å². The summed E-state index contributed by atoms with van der Waals surface area (Å²) in [5, 5.41) is 9.48. The fraction of sp³-hybridized carbons (Fsp3) is 0.250. The average molecular weight is 341 g/mol. The molecule has 2 rings (SSSR count). The van der Waals surface area contributed by atoms with Crippen LogP contribution in [0, 0.1) is 17.6 Å². The van der Waals surface area contributed by atoms with E-state index in [9.17, 15) is 13.9 Å². The molecule has 0 heterocycles. The highest BCUT2D eigenvalue weighted by atomic mass is 79.9. The number of aliphatic hydroxyl groups is 1. The van der Waals surface area contributed by atoms with Crippen molar-refractivity contribution in [1.29, 1.82) is 0 Å². The van der Waals surface area contributed by atoms with E-state index in [0.29, 0.717) is 17.3 Å². The van der Waals surface area contributed by atoms with Crippen molar-refractivity contribution < 1.29 is 13.9 Å². The Balaban J connectivity index is 2.09. The highest BCUT2D eigenvalue weighted by Crippen LogP contribution is 2.23. The van der Waals surface area contributed by atoms with Crippen molar-refractivity contribution in [1.82, 2.24) is 0 Å². The highest BCUT2D eigenvalue weighted by molar-refractivity contribution is 9.10. The minimum absolute atomic E-state index is 0.000327. The van der Waals surface area contributed by atoms with Gasteiger partial charge in [-0.2, -0.15) is 0 Å². The van der Waals surface area contributed by atoms with Gasteiger partial charge >= 0.3 is 0 Å². The first-order chi connectivity index (χ1) is 9.58. The normalized spacial score (nSPS) is 12.4. The maximum Gasteiger partial charge on any atom is 0.124 e. The van der Waals surface area contributed by atoms with Crippen LogP contribution in [0.5, 0.6) is 0 Å². The minimum Gasteiger partial charge on any atom is -0.396 e. The van der Waals surface area contributed by atoms with Gasteiger partial charge in [0, 0.05) is 11.1 Å². The molecule has 0 spiro atoms. The summed E-state index contributed by atoms with van der Waals surface area (Å²) in [5.74, 6) is -0.605. The van der Waals surface area contributed by atoms with Crippen LogP contribution in [0.3, 0.4) is 0 Å². The molecule has 0 saturated carbocycles. The summed E-state index contributed by atoms with van der Waals surface area (Å²) in [6.07, 6.45) is 1.19. The number of aliphatic hydroxyl groups excluding tert-OH is 1. The average Bonchev–Trinajstić information content (AvgIpc) is 2.41. The Labute approximate surface area is 125 Å². The number of rotatable bonds is 5. The van der Waals surface area contributed by atoms with Gasteiger partial charge in [0.15, 0.2) is 0 Å². The largest absolute Gasteiger partial charge is 0.396 e. The molecule has 1 unspecified atom stereocenters. The van der Waals surface area contributed by atoms with Crippen LogP contribution in [0.25, 0.3) is 0 Å². The zero-order valence-corrected chi connectivity index (χ0v) is 12.4. The van der Waals surface area contributed by atoms with Crippen molar-refractivity contribution >= 4 is 15.9 Å². The molecule has 0 saturated heterocycles. The molecule has 0 bridgehead atoms. The van der Waals surface area contributed by atoms with Crippen LogP contribution in [0.15, 0.2) is 46.9 Å². The second kappa shape index (κ2) is 6.95. The molecule has 20 heavy (non-hydrogen) atoms. The first-order valence-electron chi connectivity index (χ1n) is 6.37. The molecule has 2 aromatic carbocycles. The first-order valence-corrected chi connectivity index (χ1v) is 7.17. The van der Waals surface area contributed by atoms with E-state index in [1.165, 1.54) is 24.3 Å². The van der Waals surface area contributed by atoms with Crippen molar-refractivity contribution in [3.8, 4) is 0 Å². The molecule has 0 aliphatic heterocycles. The monoisotopic (exact) mass is 340 g/mol. The summed E-state index contributed by atoms with van der Waals surface area (Å²) in [5.41, 5.74) is 1.78. The Bertz CT molecular complexity index is 586. The third-order valence-corrected chi connectivity index (χ3v) is 3.93. The fourth-order valence-electron chi connectivity index (χ4n) is 2.20. The van der Waals surface area contributed by atoms with Gasteiger partial charge in [-0.05, 0) is 54.2 Å². The Morgan fingerprint density at radius 2 is 1.75 bits per heavy atom. The maximum atomic E-state index is 13.1. The van der Waals surface area contributed by atoms with Gasteiger partial charge in [-0.1, -0.05) is 34.1 Å². The zero-order valence-electron chi connectivity index (χ0n) is 10.8. The lowest BCUT2D eigenvalue weighted by Gasteiger charge is -2.15. The van der Waals surface area contributed by atoms with Gasteiger partial charge in [0.05, 0.1) is 0 Å². The Hall–Kier alpha value is -1.26. The van der Waals surface area contributed by atoms with E-state index in [2.05, 4.69) is 15.9 Å². The molecular weight excluding hydrogens is 326 g/mol. The second-order valence-corrected chi connectivity index (χ2v) is 5.68. The number of hydrogen-bond donors (Lipinski definition) is 1. The zero-order chi connectivity index (χ0) is 14.5. The van der Waals surface area contributed by atoms with Crippen LogP contribution in [-0.4, -0.2) is 11.7 Å². The molecule has 4 heteroatoms. The predicted molar refractivity (Wildman–Crippen MR) is 78.5 cm³/mol. The molecule has 0 fully saturated rings. The van der Waals surface area contributed by atoms with Crippen LogP contribution in [0.4, 0.5) is 8.78 Å². The maximum absolute atomic E-state index is 13.1. The predicted octanol–water partition coefficient (Wildman–Crippen LogP) is 4.12. The van der Waals surface area contributed by atoms with Crippen molar-refractivity contribution in [3.05, 3.63) is 69.7 Å². The van der Waals surface area contributed by atoms with Crippen LogP contribution in [-0.2, 0) is 12.8 Å². The van der Waals surface area contributed by atoms with Crippen molar-refractivity contribution in [2.24, 2.45) is 5.92 Å². The van der Waals surface area contributed by atoms with Gasteiger partial charge in [-0.3, -0.25) is 0 Å². The summed E-state index contributed by atoms with van der Waals surface area (Å²) in [6.45, 7) is 0.000327. The number of hydrogen-bond acceptors (Lipinski definition) is 1. The van der Waals surface area contributed by atoms with Crippen molar-refractivity contribution in [3.63, 3.8) is 0 Å². The molecule has 2 aromatic rings.